The van der Waals surface area contributed by atoms with Gasteiger partial charge in [0, 0.05) is 5.56 Å². The maximum absolute atomic E-state index is 13.6. The molecule has 7 nitrogen and oxygen atoms in total. The number of rotatable bonds is 5. The number of carbonyl (C=O) groups excluding carboxylic acids is 1. The summed E-state index contributed by atoms with van der Waals surface area (Å²) in [4.78, 5) is 31.3. The SMILES string of the molecule is COC(=O)C1=C(C)N=c2s/c(=C\c3cccc(OC)c3OC)c(=O)n2C1c1ccccc1. The summed E-state index contributed by atoms with van der Waals surface area (Å²) in [5.41, 5.74) is 2.13. The molecule has 32 heavy (non-hydrogen) atoms. The number of allylic oxidation sites excluding steroid dienone is 1. The van der Waals surface area contributed by atoms with Crippen molar-refractivity contribution < 1.29 is 19.0 Å². The first-order valence-corrected chi connectivity index (χ1v) is 10.7. The number of nitrogens with zero attached hydrogens (tertiary/aromatic N) is 2. The molecule has 0 saturated heterocycles. The van der Waals surface area contributed by atoms with E-state index in [2.05, 4.69) is 4.99 Å². The molecule has 1 aromatic heterocycles. The first-order chi connectivity index (χ1) is 15.5. The van der Waals surface area contributed by atoms with Gasteiger partial charge in [0.05, 0.1) is 43.2 Å². The number of fused-ring (bicyclic) bond motifs is 1. The van der Waals surface area contributed by atoms with E-state index >= 15 is 0 Å². The lowest BCUT2D eigenvalue weighted by molar-refractivity contribution is -0.136. The molecule has 1 atom stereocenters. The molecule has 1 aliphatic rings. The van der Waals surface area contributed by atoms with Gasteiger partial charge in [0.2, 0.25) is 0 Å². The van der Waals surface area contributed by atoms with Crippen LogP contribution in [0.3, 0.4) is 0 Å². The minimum absolute atomic E-state index is 0.249. The number of hydrogen-bond acceptors (Lipinski definition) is 7. The van der Waals surface area contributed by atoms with Crippen molar-refractivity contribution >= 4 is 23.4 Å². The Kier molecular flexibility index (Phi) is 5.96. The zero-order chi connectivity index (χ0) is 22.8. The van der Waals surface area contributed by atoms with Crippen LogP contribution in [0.15, 0.2) is 69.6 Å². The van der Waals surface area contributed by atoms with Crippen LogP contribution in [-0.2, 0) is 9.53 Å². The average Bonchev–Trinajstić information content (AvgIpc) is 3.12. The Morgan fingerprint density at radius 1 is 1.06 bits per heavy atom. The highest BCUT2D eigenvalue weighted by atomic mass is 32.1. The van der Waals surface area contributed by atoms with Gasteiger partial charge in [-0.2, -0.15) is 0 Å². The Bertz CT molecular complexity index is 1390. The van der Waals surface area contributed by atoms with Gasteiger partial charge in [-0.1, -0.05) is 53.8 Å². The molecular formula is C24H22N2O5S. The maximum atomic E-state index is 13.6. The van der Waals surface area contributed by atoms with Crippen LogP contribution < -0.4 is 24.4 Å². The van der Waals surface area contributed by atoms with E-state index < -0.39 is 12.0 Å². The third-order valence-electron chi connectivity index (χ3n) is 5.26. The maximum Gasteiger partial charge on any atom is 0.338 e. The summed E-state index contributed by atoms with van der Waals surface area (Å²) in [5, 5.41) is 0. The zero-order valence-corrected chi connectivity index (χ0v) is 18.9. The predicted octanol–water partition coefficient (Wildman–Crippen LogP) is 2.43. The summed E-state index contributed by atoms with van der Waals surface area (Å²) in [6.07, 6.45) is 1.75. The van der Waals surface area contributed by atoms with Crippen LogP contribution >= 0.6 is 11.3 Å². The monoisotopic (exact) mass is 450 g/mol. The van der Waals surface area contributed by atoms with E-state index in [9.17, 15) is 9.59 Å². The molecule has 0 bridgehead atoms. The van der Waals surface area contributed by atoms with Crippen molar-refractivity contribution in [3.05, 3.63) is 90.6 Å². The van der Waals surface area contributed by atoms with Crippen LogP contribution in [0, 0.1) is 0 Å². The van der Waals surface area contributed by atoms with E-state index in [0.29, 0.717) is 37.7 Å². The van der Waals surface area contributed by atoms with E-state index in [-0.39, 0.29) is 5.56 Å². The number of methoxy groups -OCH3 is 3. The van der Waals surface area contributed by atoms with Crippen LogP contribution in [0.5, 0.6) is 11.5 Å². The lowest BCUT2D eigenvalue weighted by Crippen LogP contribution is -2.39. The van der Waals surface area contributed by atoms with Crippen molar-refractivity contribution in [2.45, 2.75) is 13.0 Å². The van der Waals surface area contributed by atoms with Crippen LogP contribution in [0.25, 0.3) is 6.08 Å². The Labute approximate surface area is 188 Å². The number of esters is 1. The van der Waals surface area contributed by atoms with Gasteiger partial charge in [-0.15, -0.1) is 0 Å². The number of para-hydroxylation sites is 1. The molecule has 2 aromatic carbocycles. The first-order valence-electron chi connectivity index (χ1n) is 9.87. The second-order valence-corrected chi connectivity index (χ2v) is 8.08. The standard InChI is InChI=1S/C24H22N2O5S/c1-14-19(23(28)31-4)20(15-9-6-5-7-10-15)26-22(27)18(32-24(26)25-14)13-16-11-8-12-17(29-2)21(16)30-3/h5-13,20H,1-4H3/b18-13-. The van der Waals surface area contributed by atoms with Gasteiger partial charge in [-0.05, 0) is 24.6 Å². The van der Waals surface area contributed by atoms with Crippen molar-refractivity contribution in [2.24, 2.45) is 4.99 Å². The van der Waals surface area contributed by atoms with Gasteiger partial charge in [0.15, 0.2) is 16.3 Å². The van der Waals surface area contributed by atoms with E-state index in [0.717, 1.165) is 5.56 Å². The number of hydrogen-bond donors (Lipinski definition) is 0. The second kappa shape index (κ2) is 8.84. The minimum atomic E-state index is -0.630. The molecular weight excluding hydrogens is 428 g/mol. The van der Waals surface area contributed by atoms with Gasteiger partial charge in [-0.25, -0.2) is 9.79 Å². The number of benzene rings is 2. The Morgan fingerprint density at radius 2 is 1.81 bits per heavy atom. The molecule has 2 heterocycles. The summed E-state index contributed by atoms with van der Waals surface area (Å²) in [6.45, 7) is 1.75. The van der Waals surface area contributed by atoms with E-state index in [4.69, 9.17) is 14.2 Å². The Morgan fingerprint density at radius 3 is 2.47 bits per heavy atom. The number of thiazole rings is 1. The van der Waals surface area contributed by atoms with E-state index in [1.54, 1.807) is 37.9 Å². The molecule has 0 N–H and O–H groups in total. The normalized spacial score (nSPS) is 15.8. The third-order valence-corrected chi connectivity index (χ3v) is 6.25. The predicted molar refractivity (Wildman–Crippen MR) is 122 cm³/mol. The molecule has 0 spiro atoms. The number of aromatic nitrogens is 1. The van der Waals surface area contributed by atoms with E-state index in [1.807, 2.05) is 42.5 Å². The largest absolute Gasteiger partial charge is 0.493 e. The molecule has 3 aromatic rings. The topological polar surface area (TPSA) is 79.1 Å². The summed E-state index contributed by atoms with van der Waals surface area (Å²) in [6, 6.07) is 14.2. The highest BCUT2D eigenvalue weighted by molar-refractivity contribution is 7.07. The summed E-state index contributed by atoms with van der Waals surface area (Å²) >= 11 is 1.26. The number of carbonyl (C=O) groups is 1. The van der Waals surface area contributed by atoms with Crippen molar-refractivity contribution in [1.29, 1.82) is 0 Å². The Balaban J connectivity index is 1.98. The lowest BCUT2D eigenvalue weighted by Gasteiger charge is -2.24. The van der Waals surface area contributed by atoms with Crippen LogP contribution in [0.2, 0.25) is 0 Å². The van der Waals surface area contributed by atoms with Crippen molar-refractivity contribution in [3.63, 3.8) is 0 Å². The lowest BCUT2D eigenvalue weighted by atomic mass is 9.96. The average molecular weight is 451 g/mol. The summed E-state index contributed by atoms with van der Waals surface area (Å²) < 4.78 is 17.9. The fraction of sp³-hybridized carbons (Fsp3) is 0.208. The highest BCUT2D eigenvalue weighted by Gasteiger charge is 2.32. The molecule has 0 saturated carbocycles. The molecule has 0 radical (unpaired) electrons. The van der Waals surface area contributed by atoms with Crippen LogP contribution in [0.4, 0.5) is 0 Å². The molecule has 8 heteroatoms. The van der Waals surface area contributed by atoms with Crippen molar-refractivity contribution in [3.8, 4) is 11.5 Å². The van der Waals surface area contributed by atoms with Gasteiger partial charge >= 0.3 is 5.97 Å². The third kappa shape index (κ3) is 3.62. The van der Waals surface area contributed by atoms with E-state index in [1.165, 1.54) is 18.4 Å². The molecule has 4 rings (SSSR count). The van der Waals surface area contributed by atoms with Crippen LogP contribution in [0.1, 0.15) is 24.1 Å². The summed E-state index contributed by atoms with van der Waals surface area (Å²) in [5.74, 6) is 0.593. The summed E-state index contributed by atoms with van der Waals surface area (Å²) in [7, 11) is 4.44. The van der Waals surface area contributed by atoms with Gasteiger partial charge in [0.25, 0.3) is 5.56 Å². The second-order valence-electron chi connectivity index (χ2n) is 7.07. The fourth-order valence-electron chi connectivity index (χ4n) is 3.81. The quantitative estimate of drug-likeness (QED) is 0.558. The molecule has 0 amide bonds. The molecule has 164 valence electrons. The molecule has 0 aliphatic carbocycles. The van der Waals surface area contributed by atoms with Crippen molar-refractivity contribution in [2.75, 3.05) is 21.3 Å². The molecule has 0 fully saturated rings. The fourth-order valence-corrected chi connectivity index (χ4v) is 4.85. The highest BCUT2D eigenvalue weighted by Crippen LogP contribution is 2.32. The molecule has 1 aliphatic heterocycles. The van der Waals surface area contributed by atoms with Gasteiger partial charge in [0.1, 0.15) is 0 Å². The number of ether oxygens (including phenoxy) is 3. The van der Waals surface area contributed by atoms with Gasteiger partial charge < -0.3 is 14.2 Å². The van der Waals surface area contributed by atoms with Crippen LogP contribution in [-0.4, -0.2) is 31.9 Å². The first kappa shape index (κ1) is 21.6. The Hall–Kier alpha value is -3.65. The van der Waals surface area contributed by atoms with Gasteiger partial charge in [-0.3, -0.25) is 9.36 Å². The molecule has 1 unspecified atom stereocenters. The van der Waals surface area contributed by atoms with Crippen molar-refractivity contribution in [1.82, 2.24) is 4.57 Å². The zero-order valence-electron chi connectivity index (χ0n) is 18.1. The smallest absolute Gasteiger partial charge is 0.338 e. The minimum Gasteiger partial charge on any atom is -0.493 e.